The summed E-state index contributed by atoms with van der Waals surface area (Å²) < 4.78 is 0. The van der Waals surface area contributed by atoms with Crippen molar-refractivity contribution in [2.45, 2.75) is 45.6 Å². The van der Waals surface area contributed by atoms with Gasteiger partial charge in [0.25, 0.3) is 0 Å². The van der Waals surface area contributed by atoms with Crippen molar-refractivity contribution in [3.63, 3.8) is 0 Å². The molecule has 0 radical (unpaired) electrons. The van der Waals surface area contributed by atoms with Crippen molar-refractivity contribution >= 4 is 0 Å². The van der Waals surface area contributed by atoms with Crippen LogP contribution in [0.25, 0.3) is 0 Å². The number of hydrogen-bond acceptors (Lipinski definition) is 1. The van der Waals surface area contributed by atoms with Gasteiger partial charge in [-0.15, -0.1) is 0 Å². The van der Waals surface area contributed by atoms with Gasteiger partial charge in [0.2, 0.25) is 0 Å². The minimum Gasteiger partial charge on any atom is -0.317 e. The Balaban J connectivity index is 2.42. The van der Waals surface area contributed by atoms with E-state index in [1.165, 1.54) is 25.7 Å². The maximum atomic E-state index is 3.37. The lowest BCUT2D eigenvalue weighted by Crippen LogP contribution is -2.32. The van der Waals surface area contributed by atoms with Crippen molar-refractivity contribution in [2.75, 3.05) is 7.05 Å². The average molecular weight is 155 g/mol. The van der Waals surface area contributed by atoms with Crippen LogP contribution < -0.4 is 5.32 Å². The van der Waals surface area contributed by atoms with Gasteiger partial charge in [-0.25, -0.2) is 0 Å². The topological polar surface area (TPSA) is 12.0 Å². The molecular formula is C10H21N. The predicted octanol–water partition coefficient (Wildman–Crippen LogP) is 2.42. The smallest absolute Gasteiger partial charge is 0.00666 e. The largest absolute Gasteiger partial charge is 0.317 e. The van der Waals surface area contributed by atoms with Crippen LogP contribution in [0.15, 0.2) is 0 Å². The molecule has 11 heavy (non-hydrogen) atoms. The first-order valence-electron chi connectivity index (χ1n) is 4.96. The highest BCUT2D eigenvalue weighted by atomic mass is 14.9. The molecule has 3 unspecified atom stereocenters. The van der Waals surface area contributed by atoms with Gasteiger partial charge in [-0.05, 0) is 32.2 Å². The Kier molecular flexibility index (Phi) is 3.38. The first kappa shape index (κ1) is 9.05. The molecule has 1 heteroatoms. The molecule has 1 fully saturated rings. The van der Waals surface area contributed by atoms with E-state index >= 15 is 0 Å². The van der Waals surface area contributed by atoms with Crippen molar-refractivity contribution in [3.8, 4) is 0 Å². The van der Waals surface area contributed by atoms with E-state index < -0.39 is 0 Å². The van der Waals surface area contributed by atoms with Gasteiger partial charge in [0, 0.05) is 6.04 Å². The molecule has 0 bridgehead atoms. The summed E-state index contributed by atoms with van der Waals surface area (Å²) in [6, 6.07) is 0.724. The number of nitrogens with one attached hydrogen (secondary N) is 1. The molecule has 1 N–H and O–H groups in total. The lowest BCUT2D eigenvalue weighted by molar-refractivity contribution is 0.302. The van der Waals surface area contributed by atoms with Gasteiger partial charge in [-0.1, -0.05) is 26.2 Å². The SMILES string of the molecule is CCC1CCCC1C(C)NC. The first-order chi connectivity index (χ1) is 5.29. The molecule has 1 aliphatic rings. The van der Waals surface area contributed by atoms with Gasteiger partial charge < -0.3 is 5.32 Å². The molecule has 0 spiro atoms. The lowest BCUT2D eigenvalue weighted by atomic mass is 9.88. The normalized spacial score (nSPS) is 34.1. The first-order valence-corrected chi connectivity index (χ1v) is 4.96. The molecule has 1 rings (SSSR count). The summed E-state index contributed by atoms with van der Waals surface area (Å²) in [6.07, 6.45) is 5.74. The molecule has 0 amide bonds. The minimum absolute atomic E-state index is 0.724. The van der Waals surface area contributed by atoms with E-state index in [-0.39, 0.29) is 0 Å². The maximum Gasteiger partial charge on any atom is 0.00666 e. The Morgan fingerprint density at radius 2 is 2.18 bits per heavy atom. The fourth-order valence-electron chi connectivity index (χ4n) is 2.44. The summed E-state index contributed by atoms with van der Waals surface area (Å²) in [5, 5.41) is 3.37. The highest BCUT2D eigenvalue weighted by molar-refractivity contribution is 4.82. The van der Waals surface area contributed by atoms with Gasteiger partial charge in [0.15, 0.2) is 0 Å². The molecule has 1 saturated carbocycles. The van der Waals surface area contributed by atoms with Gasteiger partial charge in [-0.3, -0.25) is 0 Å². The van der Waals surface area contributed by atoms with Gasteiger partial charge >= 0.3 is 0 Å². The van der Waals surface area contributed by atoms with Crippen LogP contribution in [0.3, 0.4) is 0 Å². The zero-order chi connectivity index (χ0) is 8.27. The van der Waals surface area contributed by atoms with Crippen molar-refractivity contribution < 1.29 is 0 Å². The second kappa shape index (κ2) is 4.10. The van der Waals surface area contributed by atoms with Crippen LogP contribution in [0.4, 0.5) is 0 Å². The van der Waals surface area contributed by atoms with E-state index in [0.717, 1.165) is 17.9 Å². The zero-order valence-corrected chi connectivity index (χ0v) is 8.06. The van der Waals surface area contributed by atoms with Crippen LogP contribution in [0.2, 0.25) is 0 Å². The van der Waals surface area contributed by atoms with Crippen molar-refractivity contribution in [1.82, 2.24) is 5.32 Å². The molecule has 0 heterocycles. The summed E-state index contributed by atoms with van der Waals surface area (Å²) >= 11 is 0. The van der Waals surface area contributed by atoms with Crippen LogP contribution in [-0.2, 0) is 0 Å². The average Bonchev–Trinajstić information content (AvgIpc) is 2.50. The van der Waals surface area contributed by atoms with Crippen LogP contribution in [0.1, 0.15) is 39.5 Å². The standard InChI is InChI=1S/C10H21N/c1-4-9-6-5-7-10(9)8(2)11-3/h8-11H,4-7H2,1-3H3. The van der Waals surface area contributed by atoms with E-state index in [9.17, 15) is 0 Å². The van der Waals surface area contributed by atoms with E-state index in [1.54, 1.807) is 0 Å². The van der Waals surface area contributed by atoms with Crippen LogP contribution in [0, 0.1) is 11.8 Å². The molecule has 3 atom stereocenters. The molecule has 0 aromatic heterocycles. The highest BCUT2D eigenvalue weighted by Crippen LogP contribution is 2.35. The summed E-state index contributed by atoms with van der Waals surface area (Å²) in [6.45, 7) is 4.64. The molecule has 0 aromatic rings. The molecule has 66 valence electrons. The second-order valence-corrected chi connectivity index (χ2v) is 3.84. The van der Waals surface area contributed by atoms with Crippen molar-refractivity contribution in [3.05, 3.63) is 0 Å². The quantitative estimate of drug-likeness (QED) is 0.660. The molecule has 0 aliphatic heterocycles. The molecule has 1 aliphatic carbocycles. The van der Waals surface area contributed by atoms with Crippen molar-refractivity contribution in [1.29, 1.82) is 0 Å². The molecule has 0 aromatic carbocycles. The summed E-state index contributed by atoms with van der Waals surface area (Å²) in [4.78, 5) is 0. The summed E-state index contributed by atoms with van der Waals surface area (Å²) in [7, 11) is 2.08. The number of hydrogen-bond donors (Lipinski definition) is 1. The Hall–Kier alpha value is -0.0400. The molecular weight excluding hydrogens is 134 g/mol. The van der Waals surface area contributed by atoms with Crippen LogP contribution >= 0.6 is 0 Å². The van der Waals surface area contributed by atoms with Gasteiger partial charge in [-0.2, -0.15) is 0 Å². The molecule has 1 nitrogen and oxygen atoms in total. The lowest BCUT2D eigenvalue weighted by Gasteiger charge is -2.24. The Bertz CT molecular complexity index is 111. The Morgan fingerprint density at radius 1 is 1.45 bits per heavy atom. The highest BCUT2D eigenvalue weighted by Gasteiger charge is 2.28. The summed E-state index contributed by atoms with van der Waals surface area (Å²) in [5.41, 5.74) is 0. The third-order valence-corrected chi connectivity index (χ3v) is 3.34. The predicted molar refractivity (Wildman–Crippen MR) is 49.6 cm³/mol. The zero-order valence-electron chi connectivity index (χ0n) is 8.06. The summed E-state index contributed by atoms with van der Waals surface area (Å²) in [5.74, 6) is 1.95. The van der Waals surface area contributed by atoms with Gasteiger partial charge in [0.1, 0.15) is 0 Å². The van der Waals surface area contributed by atoms with Crippen molar-refractivity contribution in [2.24, 2.45) is 11.8 Å². The Morgan fingerprint density at radius 3 is 2.73 bits per heavy atom. The second-order valence-electron chi connectivity index (χ2n) is 3.84. The van der Waals surface area contributed by atoms with E-state index in [0.29, 0.717) is 0 Å². The van der Waals surface area contributed by atoms with E-state index in [1.807, 2.05) is 0 Å². The Labute approximate surface area is 70.6 Å². The van der Waals surface area contributed by atoms with Crippen LogP contribution in [-0.4, -0.2) is 13.1 Å². The fraction of sp³-hybridized carbons (Fsp3) is 1.00. The van der Waals surface area contributed by atoms with Gasteiger partial charge in [0.05, 0.1) is 0 Å². The maximum absolute atomic E-state index is 3.37. The minimum atomic E-state index is 0.724. The number of rotatable bonds is 3. The third-order valence-electron chi connectivity index (χ3n) is 3.34. The fourth-order valence-corrected chi connectivity index (χ4v) is 2.44. The van der Waals surface area contributed by atoms with E-state index in [4.69, 9.17) is 0 Å². The third kappa shape index (κ3) is 1.96. The van der Waals surface area contributed by atoms with E-state index in [2.05, 4.69) is 26.2 Å². The monoisotopic (exact) mass is 155 g/mol. The van der Waals surface area contributed by atoms with Crippen LogP contribution in [0.5, 0.6) is 0 Å². The molecule has 0 saturated heterocycles.